The molecular formula is C17H23FN2O3S. The van der Waals surface area contributed by atoms with Crippen LogP contribution in [0.1, 0.15) is 31.2 Å². The van der Waals surface area contributed by atoms with Crippen LogP contribution >= 0.6 is 0 Å². The molecule has 24 heavy (non-hydrogen) atoms. The highest BCUT2D eigenvalue weighted by molar-refractivity contribution is 7.92. The Hall–Kier alpha value is -1.47. The second kappa shape index (κ2) is 6.11. The van der Waals surface area contributed by atoms with Gasteiger partial charge < -0.3 is 10.6 Å². The standard InChI is InChI=1S/C17H23FN2O3S/c1-24(22,23)17(8-10-19-11-9-17)15(21)20-12-16(6-7-16)13-2-4-14(18)5-3-13/h2-5,19H,6-12H2,1H3,(H,20,21). The van der Waals surface area contributed by atoms with E-state index in [0.29, 0.717) is 32.5 Å². The van der Waals surface area contributed by atoms with Gasteiger partial charge in [0.1, 0.15) is 5.82 Å². The zero-order chi connectivity index (χ0) is 17.4. The van der Waals surface area contributed by atoms with Crippen LogP contribution in [0.15, 0.2) is 24.3 Å². The van der Waals surface area contributed by atoms with Crippen LogP contribution in [0.25, 0.3) is 0 Å². The Morgan fingerprint density at radius 2 is 1.75 bits per heavy atom. The van der Waals surface area contributed by atoms with Crippen molar-refractivity contribution in [2.75, 3.05) is 25.9 Å². The number of nitrogens with one attached hydrogen (secondary N) is 2. The van der Waals surface area contributed by atoms with Gasteiger partial charge in [-0.3, -0.25) is 4.79 Å². The highest BCUT2D eigenvalue weighted by Crippen LogP contribution is 2.47. The predicted octanol–water partition coefficient (Wildman–Crippen LogP) is 1.14. The first-order valence-corrected chi connectivity index (χ1v) is 10.1. The first kappa shape index (κ1) is 17.4. The number of benzene rings is 1. The van der Waals surface area contributed by atoms with Crippen LogP contribution in [0.4, 0.5) is 4.39 Å². The minimum absolute atomic E-state index is 0.186. The molecule has 7 heteroatoms. The number of sulfone groups is 1. The predicted molar refractivity (Wildman–Crippen MR) is 90.0 cm³/mol. The summed E-state index contributed by atoms with van der Waals surface area (Å²) in [4.78, 5) is 12.7. The SMILES string of the molecule is CS(=O)(=O)C1(C(=O)NCC2(c3ccc(F)cc3)CC2)CCNCC1. The number of hydrogen-bond acceptors (Lipinski definition) is 4. The molecule has 1 heterocycles. The van der Waals surface area contributed by atoms with Gasteiger partial charge in [0.2, 0.25) is 5.91 Å². The molecule has 1 aromatic carbocycles. The number of halogens is 1. The summed E-state index contributed by atoms with van der Waals surface area (Å²) in [6.45, 7) is 1.43. The van der Waals surface area contributed by atoms with Crippen LogP contribution in [0, 0.1) is 5.82 Å². The van der Waals surface area contributed by atoms with Crippen molar-refractivity contribution in [3.63, 3.8) is 0 Å². The smallest absolute Gasteiger partial charge is 0.241 e. The van der Waals surface area contributed by atoms with Crippen LogP contribution in [0.2, 0.25) is 0 Å². The maximum absolute atomic E-state index is 13.1. The van der Waals surface area contributed by atoms with Gasteiger partial charge in [0.15, 0.2) is 14.6 Å². The summed E-state index contributed by atoms with van der Waals surface area (Å²) in [5.74, 6) is -0.691. The molecule has 0 aromatic heterocycles. The van der Waals surface area contributed by atoms with E-state index in [9.17, 15) is 17.6 Å². The zero-order valence-electron chi connectivity index (χ0n) is 13.8. The highest BCUT2D eigenvalue weighted by Gasteiger charge is 2.50. The quantitative estimate of drug-likeness (QED) is 0.832. The summed E-state index contributed by atoms with van der Waals surface area (Å²) in [6, 6.07) is 6.32. The Kier molecular flexibility index (Phi) is 4.42. The number of hydrogen-bond donors (Lipinski definition) is 2. The van der Waals surface area contributed by atoms with Gasteiger partial charge in [-0.1, -0.05) is 12.1 Å². The molecule has 2 fully saturated rings. The van der Waals surface area contributed by atoms with Crippen LogP contribution in [0.3, 0.4) is 0 Å². The third kappa shape index (κ3) is 3.07. The average Bonchev–Trinajstić information content (AvgIpc) is 3.34. The van der Waals surface area contributed by atoms with E-state index >= 15 is 0 Å². The summed E-state index contributed by atoms with van der Waals surface area (Å²) in [5, 5.41) is 5.98. The summed E-state index contributed by atoms with van der Waals surface area (Å²) < 4.78 is 36.3. The fourth-order valence-electron chi connectivity index (χ4n) is 3.53. The lowest BCUT2D eigenvalue weighted by Crippen LogP contribution is -2.58. The number of piperidine rings is 1. The van der Waals surface area contributed by atoms with Crippen molar-refractivity contribution in [3.8, 4) is 0 Å². The minimum atomic E-state index is -3.51. The minimum Gasteiger partial charge on any atom is -0.354 e. The van der Waals surface area contributed by atoms with Crippen molar-refractivity contribution in [2.45, 2.75) is 35.8 Å². The monoisotopic (exact) mass is 354 g/mol. The molecule has 1 amide bonds. The van der Waals surface area contributed by atoms with Gasteiger partial charge in [-0.15, -0.1) is 0 Å². The summed E-state index contributed by atoms with van der Waals surface area (Å²) >= 11 is 0. The van der Waals surface area contributed by atoms with E-state index in [-0.39, 0.29) is 11.2 Å². The first-order chi connectivity index (χ1) is 11.3. The lowest BCUT2D eigenvalue weighted by Gasteiger charge is -2.35. The van der Waals surface area contributed by atoms with Crippen molar-refractivity contribution in [1.82, 2.24) is 10.6 Å². The Bertz CT molecular complexity index is 721. The molecule has 5 nitrogen and oxygen atoms in total. The Morgan fingerprint density at radius 3 is 2.25 bits per heavy atom. The second-order valence-electron chi connectivity index (χ2n) is 6.99. The molecule has 3 rings (SSSR count). The van der Waals surface area contributed by atoms with Crippen molar-refractivity contribution in [2.24, 2.45) is 0 Å². The molecule has 1 aliphatic heterocycles. The molecule has 1 saturated heterocycles. The van der Waals surface area contributed by atoms with Gasteiger partial charge in [0.25, 0.3) is 0 Å². The van der Waals surface area contributed by atoms with E-state index in [1.165, 1.54) is 12.1 Å². The van der Waals surface area contributed by atoms with Gasteiger partial charge in [0, 0.05) is 18.2 Å². The fourth-order valence-corrected chi connectivity index (χ4v) is 4.88. The average molecular weight is 354 g/mol. The second-order valence-corrected chi connectivity index (χ2v) is 9.31. The Balaban J connectivity index is 1.73. The van der Waals surface area contributed by atoms with Crippen LogP contribution in [-0.4, -0.2) is 45.0 Å². The molecule has 132 valence electrons. The van der Waals surface area contributed by atoms with Crippen LogP contribution < -0.4 is 10.6 Å². The molecule has 0 unspecified atom stereocenters. The molecular weight excluding hydrogens is 331 g/mol. The van der Waals surface area contributed by atoms with Gasteiger partial charge in [0.05, 0.1) is 0 Å². The molecule has 0 atom stereocenters. The molecule has 0 bridgehead atoms. The highest BCUT2D eigenvalue weighted by atomic mass is 32.2. The van der Waals surface area contributed by atoms with Gasteiger partial charge in [-0.25, -0.2) is 12.8 Å². The summed E-state index contributed by atoms with van der Waals surface area (Å²) in [6.07, 6.45) is 3.55. The molecule has 1 aromatic rings. The van der Waals surface area contributed by atoms with E-state index in [1.54, 1.807) is 12.1 Å². The van der Waals surface area contributed by atoms with E-state index in [1.807, 2.05) is 0 Å². The number of carbonyl (C=O) groups excluding carboxylic acids is 1. The van der Waals surface area contributed by atoms with Crippen molar-refractivity contribution >= 4 is 15.7 Å². The van der Waals surface area contributed by atoms with Gasteiger partial charge >= 0.3 is 0 Å². The van der Waals surface area contributed by atoms with Crippen molar-refractivity contribution in [1.29, 1.82) is 0 Å². The molecule has 1 aliphatic carbocycles. The van der Waals surface area contributed by atoms with Crippen molar-refractivity contribution in [3.05, 3.63) is 35.6 Å². The molecule has 0 radical (unpaired) electrons. The topological polar surface area (TPSA) is 75.3 Å². The maximum atomic E-state index is 13.1. The van der Waals surface area contributed by atoms with E-state index in [4.69, 9.17) is 0 Å². The van der Waals surface area contributed by atoms with Crippen LogP contribution in [-0.2, 0) is 20.0 Å². The lowest BCUT2D eigenvalue weighted by atomic mass is 9.93. The third-order valence-electron chi connectivity index (χ3n) is 5.43. The molecule has 0 spiro atoms. The first-order valence-electron chi connectivity index (χ1n) is 8.24. The van der Waals surface area contributed by atoms with Gasteiger partial charge in [-0.2, -0.15) is 0 Å². The lowest BCUT2D eigenvalue weighted by molar-refractivity contribution is -0.124. The van der Waals surface area contributed by atoms with Crippen LogP contribution in [0.5, 0.6) is 0 Å². The molecule has 1 saturated carbocycles. The maximum Gasteiger partial charge on any atom is 0.241 e. The number of amides is 1. The van der Waals surface area contributed by atoms with Crippen molar-refractivity contribution < 1.29 is 17.6 Å². The molecule has 2 aliphatic rings. The van der Waals surface area contributed by atoms with E-state index < -0.39 is 20.5 Å². The number of carbonyl (C=O) groups is 1. The summed E-state index contributed by atoms with van der Waals surface area (Å²) in [7, 11) is -3.51. The van der Waals surface area contributed by atoms with E-state index in [0.717, 1.165) is 24.7 Å². The number of rotatable bonds is 5. The third-order valence-corrected chi connectivity index (χ3v) is 7.45. The van der Waals surface area contributed by atoms with Gasteiger partial charge in [-0.05, 0) is 56.5 Å². The zero-order valence-corrected chi connectivity index (χ0v) is 14.6. The molecule has 2 N–H and O–H groups in total. The Labute approximate surface area is 141 Å². The Morgan fingerprint density at radius 1 is 1.17 bits per heavy atom. The van der Waals surface area contributed by atoms with E-state index in [2.05, 4.69) is 10.6 Å². The normalized spacial score (nSPS) is 21.9. The fraction of sp³-hybridized carbons (Fsp3) is 0.588. The summed E-state index contributed by atoms with van der Waals surface area (Å²) in [5.41, 5.74) is 0.803. The largest absolute Gasteiger partial charge is 0.354 e.